The van der Waals surface area contributed by atoms with Gasteiger partial charge in [0.05, 0.1) is 12.5 Å². The fourth-order valence-corrected chi connectivity index (χ4v) is 3.18. The Balaban J connectivity index is 1.64. The lowest BCUT2D eigenvalue weighted by atomic mass is 9.89. The lowest BCUT2D eigenvalue weighted by Crippen LogP contribution is -2.28. The van der Waals surface area contributed by atoms with E-state index in [0.29, 0.717) is 6.42 Å². The van der Waals surface area contributed by atoms with Gasteiger partial charge in [-0.25, -0.2) is 0 Å². The molecule has 2 heteroatoms. The molecule has 22 heavy (non-hydrogen) atoms. The van der Waals surface area contributed by atoms with Gasteiger partial charge in [0.25, 0.3) is 0 Å². The Hall–Kier alpha value is -2.09. The second kappa shape index (κ2) is 6.78. The number of fused-ring (bicyclic) bond motifs is 1. The SMILES string of the molecule is C[C@H](NC(=O)Cc1ccccc1)c1ccc2c(c1)CCCC2. The highest BCUT2D eigenvalue weighted by atomic mass is 16.1. The predicted octanol–water partition coefficient (Wildman–Crippen LogP) is 3.99. The van der Waals surface area contributed by atoms with Crippen LogP contribution in [-0.4, -0.2) is 5.91 Å². The summed E-state index contributed by atoms with van der Waals surface area (Å²) in [5.74, 6) is 0.0800. The zero-order chi connectivity index (χ0) is 15.4. The van der Waals surface area contributed by atoms with Gasteiger partial charge in [-0.2, -0.15) is 0 Å². The molecule has 1 aliphatic carbocycles. The van der Waals surface area contributed by atoms with Crippen molar-refractivity contribution in [2.45, 2.75) is 45.1 Å². The molecule has 1 amide bonds. The van der Waals surface area contributed by atoms with Crippen LogP contribution in [0.5, 0.6) is 0 Å². The Morgan fingerprint density at radius 2 is 1.77 bits per heavy atom. The van der Waals surface area contributed by atoms with E-state index in [1.807, 2.05) is 30.3 Å². The maximum Gasteiger partial charge on any atom is 0.224 e. The molecule has 0 saturated carbocycles. The van der Waals surface area contributed by atoms with Crippen LogP contribution in [0.25, 0.3) is 0 Å². The number of nitrogens with one attached hydrogen (secondary N) is 1. The molecule has 0 saturated heterocycles. The second-order valence-corrected chi connectivity index (χ2v) is 6.19. The number of hydrogen-bond donors (Lipinski definition) is 1. The number of carbonyl (C=O) groups is 1. The first-order valence-electron chi connectivity index (χ1n) is 8.17. The molecule has 0 spiro atoms. The molecule has 0 bridgehead atoms. The summed E-state index contributed by atoms with van der Waals surface area (Å²) < 4.78 is 0. The minimum absolute atomic E-state index is 0.0587. The average Bonchev–Trinajstić information content (AvgIpc) is 2.55. The molecule has 1 aliphatic rings. The van der Waals surface area contributed by atoms with E-state index < -0.39 is 0 Å². The fourth-order valence-electron chi connectivity index (χ4n) is 3.18. The van der Waals surface area contributed by atoms with Crippen LogP contribution in [0.1, 0.15) is 48.1 Å². The van der Waals surface area contributed by atoms with E-state index in [1.54, 1.807) is 0 Å². The highest BCUT2D eigenvalue weighted by molar-refractivity contribution is 5.79. The zero-order valence-corrected chi connectivity index (χ0v) is 13.1. The first-order chi connectivity index (χ1) is 10.7. The molecule has 0 unspecified atom stereocenters. The van der Waals surface area contributed by atoms with Crippen molar-refractivity contribution in [2.24, 2.45) is 0 Å². The van der Waals surface area contributed by atoms with E-state index in [1.165, 1.54) is 42.4 Å². The summed E-state index contributed by atoms with van der Waals surface area (Å²) in [6.45, 7) is 2.06. The molecule has 0 heterocycles. The number of hydrogen-bond acceptors (Lipinski definition) is 1. The largest absolute Gasteiger partial charge is 0.349 e. The van der Waals surface area contributed by atoms with Crippen molar-refractivity contribution in [1.82, 2.24) is 5.32 Å². The van der Waals surface area contributed by atoms with E-state index in [2.05, 4.69) is 30.4 Å². The highest BCUT2D eigenvalue weighted by Gasteiger charge is 2.14. The van der Waals surface area contributed by atoms with Gasteiger partial charge >= 0.3 is 0 Å². The van der Waals surface area contributed by atoms with Gasteiger partial charge in [0.1, 0.15) is 0 Å². The zero-order valence-electron chi connectivity index (χ0n) is 13.1. The van der Waals surface area contributed by atoms with Crippen LogP contribution < -0.4 is 5.32 Å². The van der Waals surface area contributed by atoms with E-state index in [4.69, 9.17) is 0 Å². The molecule has 0 aliphatic heterocycles. The van der Waals surface area contributed by atoms with Gasteiger partial charge in [0, 0.05) is 0 Å². The van der Waals surface area contributed by atoms with Gasteiger partial charge in [0.15, 0.2) is 0 Å². The molecule has 1 atom stereocenters. The van der Waals surface area contributed by atoms with Crippen molar-refractivity contribution in [2.75, 3.05) is 0 Å². The highest BCUT2D eigenvalue weighted by Crippen LogP contribution is 2.24. The summed E-state index contributed by atoms with van der Waals surface area (Å²) in [4.78, 5) is 12.2. The van der Waals surface area contributed by atoms with E-state index in [0.717, 1.165) is 5.56 Å². The van der Waals surface area contributed by atoms with Gasteiger partial charge in [-0.15, -0.1) is 0 Å². The Morgan fingerprint density at radius 1 is 1.05 bits per heavy atom. The van der Waals surface area contributed by atoms with Crippen LogP contribution in [0.3, 0.4) is 0 Å². The van der Waals surface area contributed by atoms with Crippen LogP contribution in [0, 0.1) is 0 Å². The Morgan fingerprint density at radius 3 is 2.55 bits per heavy atom. The van der Waals surface area contributed by atoms with Gasteiger partial charge in [-0.05, 0) is 54.9 Å². The number of benzene rings is 2. The fraction of sp³-hybridized carbons (Fsp3) is 0.350. The third-order valence-corrected chi connectivity index (χ3v) is 4.46. The molecule has 2 nitrogen and oxygen atoms in total. The predicted molar refractivity (Wildman–Crippen MR) is 89.8 cm³/mol. The van der Waals surface area contributed by atoms with Gasteiger partial charge in [-0.3, -0.25) is 4.79 Å². The third kappa shape index (κ3) is 3.56. The molecule has 114 valence electrons. The monoisotopic (exact) mass is 293 g/mol. The van der Waals surface area contributed by atoms with Crippen molar-refractivity contribution < 1.29 is 4.79 Å². The number of carbonyl (C=O) groups excluding carboxylic acids is 1. The summed E-state index contributed by atoms with van der Waals surface area (Å²) in [6.07, 6.45) is 5.40. The Labute approximate surface area is 132 Å². The molecule has 0 aromatic heterocycles. The van der Waals surface area contributed by atoms with Crippen molar-refractivity contribution in [3.05, 3.63) is 70.8 Å². The van der Waals surface area contributed by atoms with Crippen molar-refractivity contribution >= 4 is 5.91 Å². The third-order valence-electron chi connectivity index (χ3n) is 4.46. The van der Waals surface area contributed by atoms with E-state index >= 15 is 0 Å². The van der Waals surface area contributed by atoms with Crippen molar-refractivity contribution in [1.29, 1.82) is 0 Å². The quantitative estimate of drug-likeness (QED) is 0.907. The minimum atomic E-state index is 0.0587. The summed E-state index contributed by atoms with van der Waals surface area (Å²) in [5, 5.41) is 3.11. The number of amides is 1. The maximum absolute atomic E-state index is 12.2. The summed E-state index contributed by atoms with van der Waals surface area (Å²) in [7, 11) is 0. The number of aryl methyl sites for hydroxylation is 2. The van der Waals surface area contributed by atoms with E-state index in [9.17, 15) is 4.79 Å². The topological polar surface area (TPSA) is 29.1 Å². The Bertz CT molecular complexity index is 648. The first-order valence-corrected chi connectivity index (χ1v) is 8.17. The molecule has 2 aromatic rings. The molecular weight excluding hydrogens is 270 g/mol. The number of rotatable bonds is 4. The van der Waals surface area contributed by atoms with Crippen molar-refractivity contribution in [3.8, 4) is 0 Å². The van der Waals surface area contributed by atoms with E-state index in [-0.39, 0.29) is 11.9 Å². The van der Waals surface area contributed by atoms with Crippen LogP contribution >= 0.6 is 0 Å². The summed E-state index contributed by atoms with van der Waals surface area (Å²) >= 11 is 0. The maximum atomic E-state index is 12.2. The summed E-state index contributed by atoms with van der Waals surface area (Å²) in [6, 6.07) is 16.6. The van der Waals surface area contributed by atoms with Crippen LogP contribution in [-0.2, 0) is 24.1 Å². The van der Waals surface area contributed by atoms with Gasteiger partial charge in [-0.1, -0.05) is 48.5 Å². The molecule has 0 radical (unpaired) electrons. The molecule has 0 fully saturated rings. The second-order valence-electron chi connectivity index (χ2n) is 6.19. The van der Waals surface area contributed by atoms with Gasteiger partial charge in [0.2, 0.25) is 5.91 Å². The summed E-state index contributed by atoms with van der Waals surface area (Å²) in [5.41, 5.74) is 5.21. The molecule has 2 aromatic carbocycles. The normalized spacial score (nSPS) is 15.0. The average molecular weight is 293 g/mol. The molecule has 3 rings (SSSR count). The Kier molecular flexibility index (Phi) is 4.57. The van der Waals surface area contributed by atoms with Crippen LogP contribution in [0.15, 0.2) is 48.5 Å². The van der Waals surface area contributed by atoms with Crippen molar-refractivity contribution in [3.63, 3.8) is 0 Å². The molecular formula is C20H23NO. The first kappa shape index (κ1) is 14.8. The van der Waals surface area contributed by atoms with Crippen LogP contribution in [0.4, 0.5) is 0 Å². The lowest BCUT2D eigenvalue weighted by Gasteiger charge is -2.20. The minimum Gasteiger partial charge on any atom is -0.349 e. The van der Waals surface area contributed by atoms with Crippen LogP contribution in [0.2, 0.25) is 0 Å². The lowest BCUT2D eigenvalue weighted by molar-refractivity contribution is -0.121. The van der Waals surface area contributed by atoms with Gasteiger partial charge < -0.3 is 5.32 Å². The standard InChI is InChI=1S/C20H23NO/c1-15(21-20(22)13-16-7-3-2-4-8-16)18-12-11-17-9-5-6-10-19(17)14-18/h2-4,7-8,11-12,14-15H,5-6,9-10,13H2,1H3,(H,21,22)/t15-/m0/s1. The molecule has 1 N–H and O–H groups in total. The smallest absolute Gasteiger partial charge is 0.224 e.